The minimum atomic E-state index is 0.152. The van der Waals surface area contributed by atoms with E-state index in [-0.39, 0.29) is 24.5 Å². The van der Waals surface area contributed by atoms with Crippen LogP contribution >= 0.6 is 0 Å². The van der Waals surface area contributed by atoms with Crippen LogP contribution in [0.1, 0.15) is 49.1 Å². The van der Waals surface area contributed by atoms with Gasteiger partial charge in [0.15, 0.2) is 0 Å². The molecule has 0 spiro atoms. The van der Waals surface area contributed by atoms with Crippen molar-refractivity contribution in [2.24, 2.45) is 5.92 Å². The Morgan fingerprint density at radius 1 is 1.13 bits per heavy atom. The van der Waals surface area contributed by atoms with Gasteiger partial charge in [-0.15, -0.1) is 0 Å². The number of carbonyl (C=O) groups excluding carboxylic acids is 1. The van der Waals surface area contributed by atoms with Crippen molar-refractivity contribution in [3.63, 3.8) is 0 Å². The summed E-state index contributed by atoms with van der Waals surface area (Å²) in [5.41, 5.74) is 2.28. The second kappa shape index (κ2) is 9.51. The van der Waals surface area contributed by atoms with Gasteiger partial charge in [-0.3, -0.25) is 14.6 Å². The zero-order valence-corrected chi connectivity index (χ0v) is 18.4. The smallest absolute Gasteiger partial charge is 0.225 e. The topological polar surface area (TPSA) is 47.0 Å². The van der Waals surface area contributed by atoms with Crippen molar-refractivity contribution in [2.45, 2.75) is 50.1 Å². The average Bonchev–Trinajstić information content (AvgIpc) is 2.66. The van der Waals surface area contributed by atoms with Gasteiger partial charge in [0.1, 0.15) is 0 Å². The largest absolute Gasteiger partial charge is 0.395 e. The van der Waals surface area contributed by atoms with E-state index >= 15 is 0 Å². The molecule has 5 heteroatoms. The molecule has 0 unspecified atom stereocenters. The van der Waals surface area contributed by atoms with Gasteiger partial charge in [0.25, 0.3) is 0 Å². The van der Waals surface area contributed by atoms with Crippen LogP contribution in [0.3, 0.4) is 0 Å². The van der Waals surface area contributed by atoms with Crippen LogP contribution in [0.15, 0.2) is 24.3 Å². The van der Waals surface area contributed by atoms with Crippen LogP contribution in [0.4, 0.5) is 0 Å². The number of aliphatic hydroxyl groups excluding tert-OH is 1. The van der Waals surface area contributed by atoms with Crippen molar-refractivity contribution >= 4 is 5.91 Å². The molecule has 3 atom stereocenters. The molecule has 1 aliphatic carbocycles. The maximum atomic E-state index is 12.9. The van der Waals surface area contributed by atoms with Gasteiger partial charge in [-0.2, -0.15) is 0 Å². The summed E-state index contributed by atoms with van der Waals surface area (Å²) in [6.07, 6.45) is 5.46. The maximum Gasteiger partial charge on any atom is 0.225 e. The first-order chi connectivity index (χ1) is 14.6. The molecule has 1 N–H and O–H groups in total. The molecule has 4 rings (SSSR count). The van der Waals surface area contributed by atoms with Crippen molar-refractivity contribution < 1.29 is 9.90 Å². The van der Waals surface area contributed by atoms with Crippen LogP contribution < -0.4 is 0 Å². The van der Waals surface area contributed by atoms with E-state index in [9.17, 15) is 9.90 Å². The van der Waals surface area contributed by atoms with Gasteiger partial charge >= 0.3 is 0 Å². The summed E-state index contributed by atoms with van der Waals surface area (Å²) in [5, 5.41) is 10.1. The van der Waals surface area contributed by atoms with E-state index in [4.69, 9.17) is 0 Å². The molecule has 30 heavy (non-hydrogen) atoms. The van der Waals surface area contributed by atoms with E-state index in [0.717, 1.165) is 57.4 Å². The van der Waals surface area contributed by atoms with Crippen molar-refractivity contribution in [1.82, 2.24) is 14.7 Å². The van der Waals surface area contributed by atoms with Crippen LogP contribution in [0.5, 0.6) is 0 Å². The SMILES string of the molecule is CN(C)CC#Cc1ccc([C@@H]2[C@H](CO)N3CCCCN(C(=O)C4CCC4)C[C@@H]23)cc1. The Morgan fingerprint density at radius 2 is 1.87 bits per heavy atom. The molecule has 0 bridgehead atoms. The number of rotatable bonds is 4. The van der Waals surface area contributed by atoms with Gasteiger partial charge in [-0.25, -0.2) is 0 Å². The third-order valence-electron chi connectivity index (χ3n) is 7.06. The summed E-state index contributed by atoms with van der Waals surface area (Å²) >= 11 is 0. The van der Waals surface area contributed by atoms with E-state index in [2.05, 4.69) is 50.8 Å². The number of carbonyl (C=O) groups is 1. The standard InChI is InChI=1S/C25H35N3O2/c1-26(2)14-6-7-19-10-12-20(13-11-19)24-22-17-27(25(30)21-8-5-9-21)15-3-4-16-28(22)23(24)18-29/h10-13,21-24,29H,3-5,8-9,14-18H2,1-2H3/t22-,23-,24-/m0/s1. The second-order valence-electron chi connectivity index (χ2n) is 9.36. The molecule has 3 fully saturated rings. The molecule has 1 saturated carbocycles. The molecule has 2 aliphatic heterocycles. The molecule has 0 radical (unpaired) electrons. The number of fused-ring (bicyclic) bond motifs is 1. The molecule has 162 valence electrons. The first-order valence-corrected chi connectivity index (χ1v) is 11.5. The summed E-state index contributed by atoms with van der Waals surface area (Å²) in [6, 6.07) is 8.98. The van der Waals surface area contributed by atoms with E-state index in [1.54, 1.807) is 0 Å². The number of benzene rings is 1. The predicted octanol–water partition coefficient (Wildman–Crippen LogP) is 2.15. The number of amides is 1. The fourth-order valence-electron chi connectivity index (χ4n) is 5.14. The summed E-state index contributed by atoms with van der Waals surface area (Å²) in [5.74, 6) is 7.29. The molecule has 2 heterocycles. The highest BCUT2D eigenvalue weighted by Crippen LogP contribution is 2.42. The predicted molar refractivity (Wildman–Crippen MR) is 119 cm³/mol. The lowest BCUT2D eigenvalue weighted by Gasteiger charge is -2.57. The van der Waals surface area contributed by atoms with E-state index in [1.807, 2.05) is 14.1 Å². The van der Waals surface area contributed by atoms with E-state index < -0.39 is 0 Å². The normalized spacial score (nSPS) is 27.2. The fraction of sp³-hybridized carbons (Fsp3) is 0.640. The average molecular weight is 410 g/mol. The first kappa shape index (κ1) is 21.4. The van der Waals surface area contributed by atoms with Gasteiger partial charge in [0.2, 0.25) is 5.91 Å². The minimum Gasteiger partial charge on any atom is -0.395 e. The number of hydrogen-bond acceptors (Lipinski definition) is 4. The molecular weight excluding hydrogens is 374 g/mol. The first-order valence-electron chi connectivity index (χ1n) is 11.5. The van der Waals surface area contributed by atoms with Crippen LogP contribution in [0, 0.1) is 17.8 Å². The van der Waals surface area contributed by atoms with Gasteiger partial charge in [0.05, 0.1) is 13.2 Å². The van der Waals surface area contributed by atoms with Crippen molar-refractivity contribution in [2.75, 3.05) is 46.9 Å². The second-order valence-corrected chi connectivity index (χ2v) is 9.36. The minimum absolute atomic E-state index is 0.152. The number of nitrogens with zero attached hydrogens (tertiary/aromatic N) is 3. The fourth-order valence-corrected chi connectivity index (χ4v) is 5.14. The monoisotopic (exact) mass is 409 g/mol. The van der Waals surface area contributed by atoms with Crippen LogP contribution in [0.25, 0.3) is 0 Å². The maximum absolute atomic E-state index is 12.9. The van der Waals surface area contributed by atoms with Crippen LogP contribution in [-0.4, -0.2) is 84.7 Å². The molecular formula is C25H35N3O2. The molecule has 1 amide bonds. The third-order valence-corrected chi connectivity index (χ3v) is 7.06. The van der Waals surface area contributed by atoms with Gasteiger partial charge in [-0.05, 0) is 64.0 Å². The quantitative estimate of drug-likeness (QED) is 0.774. The van der Waals surface area contributed by atoms with E-state index in [0.29, 0.717) is 11.9 Å². The Kier molecular flexibility index (Phi) is 6.77. The lowest BCUT2D eigenvalue weighted by Crippen LogP contribution is -2.68. The molecule has 3 aliphatic rings. The van der Waals surface area contributed by atoms with Gasteiger partial charge in [-0.1, -0.05) is 30.4 Å². The van der Waals surface area contributed by atoms with Gasteiger partial charge < -0.3 is 10.0 Å². The summed E-state index contributed by atoms with van der Waals surface area (Å²) in [7, 11) is 4.03. The Labute approximate surface area is 181 Å². The highest BCUT2D eigenvalue weighted by Gasteiger charge is 2.49. The molecule has 0 aromatic heterocycles. The van der Waals surface area contributed by atoms with Crippen LogP contribution in [0.2, 0.25) is 0 Å². The van der Waals surface area contributed by atoms with Crippen molar-refractivity contribution in [3.8, 4) is 11.8 Å². The summed E-state index contributed by atoms with van der Waals surface area (Å²) < 4.78 is 0. The number of aliphatic hydroxyl groups is 1. The summed E-state index contributed by atoms with van der Waals surface area (Å²) in [4.78, 5) is 19.6. The molecule has 5 nitrogen and oxygen atoms in total. The Bertz CT molecular complexity index is 791. The molecule has 1 aromatic rings. The lowest BCUT2D eigenvalue weighted by molar-refractivity contribution is -0.143. The zero-order chi connectivity index (χ0) is 21.1. The zero-order valence-electron chi connectivity index (χ0n) is 18.4. The van der Waals surface area contributed by atoms with Gasteiger partial charge in [0, 0.05) is 42.6 Å². The Balaban J connectivity index is 1.49. The third kappa shape index (κ3) is 4.42. The number of hydrogen-bond donors (Lipinski definition) is 1. The van der Waals surface area contributed by atoms with Crippen molar-refractivity contribution in [1.29, 1.82) is 0 Å². The highest BCUT2D eigenvalue weighted by molar-refractivity contribution is 5.79. The summed E-state index contributed by atoms with van der Waals surface area (Å²) in [6.45, 7) is 3.62. The highest BCUT2D eigenvalue weighted by atomic mass is 16.3. The van der Waals surface area contributed by atoms with Crippen molar-refractivity contribution in [3.05, 3.63) is 35.4 Å². The van der Waals surface area contributed by atoms with Crippen LogP contribution in [-0.2, 0) is 4.79 Å². The van der Waals surface area contributed by atoms with E-state index in [1.165, 1.54) is 12.0 Å². The Morgan fingerprint density at radius 3 is 2.50 bits per heavy atom. The molecule has 1 aromatic carbocycles. The lowest BCUT2D eigenvalue weighted by atomic mass is 9.74. The Hall–Kier alpha value is -1.87. The molecule has 2 saturated heterocycles.